The number of nitrogens with zero attached hydrogens (tertiary/aromatic N) is 4. The molecule has 1 aliphatic heterocycles. The van der Waals surface area contributed by atoms with E-state index in [1.54, 1.807) is 0 Å². The summed E-state index contributed by atoms with van der Waals surface area (Å²) in [6.45, 7) is 25.0. The Morgan fingerprint density at radius 2 is 0.946 bits per heavy atom. The highest BCUT2D eigenvalue weighted by Crippen LogP contribution is 2.18. The van der Waals surface area contributed by atoms with Gasteiger partial charge in [0.1, 0.15) is 0 Å². The summed E-state index contributed by atoms with van der Waals surface area (Å²) < 4.78 is 33.7. The van der Waals surface area contributed by atoms with Gasteiger partial charge in [-0.2, -0.15) is 0 Å². The minimum Gasteiger partial charge on any atom is -0.466 e. The molecule has 0 spiro atoms. The van der Waals surface area contributed by atoms with E-state index in [0.29, 0.717) is 78.5 Å². The zero-order valence-corrected chi connectivity index (χ0v) is 36.7. The number of carbonyl (C=O) groups is 3. The summed E-state index contributed by atoms with van der Waals surface area (Å²) in [6.07, 6.45) is 2.86. The average molecular weight is 810 g/mol. The molecule has 1 saturated heterocycles. The van der Waals surface area contributed by atoms with Crippen molar-refractivity contribution in [3.8, 4) is 0 Å². The van der Waals surface area contributed by atoms with Crippen molar-refractivity contribution in [2.24, 2.45) is 0 Å². The van der Waals surface area contributed by atoms with Gasteiger partial charge in [-0.3, -0.25) is 19.3 Å². The predicted molar refractivity (Wildman–Crippen MR) is 221 cm³/mol. The molecule has 0 aliphatic carbocycles. The number of hydrogen-bond acceptors (Lipinski definition) is 14. The van der Waals surface area contributed by atoms with Crippen LogP contribution in [0.25, 0.3) is 0 Å². The van der Waals surface area contributed by atoms with Gasteiger partial charge in [0.15, 0.2) is 0 Å². The second kappa shape index (κ2) is 30.6. The third-order valence-corrected chi connectivity index (χ3v) is 12.8. The van der Waals surface area contributed by atoms with Gasteiger partial charge >= 0.3 is 26.7 Å². The van der Waals surface area contributed by atoms with Crippen LogP contribution in [0, 0.1) is 0 Å². The molecule has 1 N–H and O–H groups in total. The summed E-state index contributed by atoms with van der Waals surface area (Å²) in [5, 5.41) is 3.58. The molecule has 15 heteroatoms. The standard InChI is InChI=1S/C41H75N5O9Si/c1-7-50-39(47)19-25-43-23-14-24-46(33-32-45(27-21-41(49)52-9-3)31-30-44(29-28-43)26-20-40(48)51-8-2)36-38-17-15-37(16-18-38)35-42-22-13-34-56(53-10-4,54-11-5)55-12-6/h15-18,42H,7-14,19-36H2,1-6H3. The molecule has 0 bridgehead atoms. The minimum absolute atomic E-state index is 0.180. The molecule has 0 saturated carbocycles. The molecule has 1 aliphatic rings. The quantitative estimate of drug-likeness (QED) is 0.0622. The molecule has 1 aromatic carbocycles. The first-order valence-corrected chi connectivity index (χ1v) is 23.2. The second-order valence-electron chi connectivity index (χ2n) is 13.9. The molecule has 0 radical (unpaired) electrons. The maximum atomic E-state index is 12.4. The van der Waals surface area contributed by atoms with Gasteiger partial charge in [0.2, 0.25) is 0 Å². The van der Waals surface area contributed by atoms with Crippen molar-refractivity contribution >= 4 is 26.7 Å². The largest absolute Gasteiger partial charge is 0.500 e. The van der Waals surface area contributed by atoms with Gasteiger partial charge < -0.3 is 47.5 Å². The Labute approximate surface area is 339 Å². The molecule has 1 fully saturated rings. The van der Waals surface area contributed by atoms with Crippen LogP contribution in [0.15, 0.2) is 24.3 Å². The molecule has 0 unspecified atom stereocenters. The summed E-state index contributed by atoms with van der Waals surface area (Å²) in [7, 11) is -2.63. The van der Waals surface area contributed by atoms with Crippen molar-refractivity contribution in [3.05, 3.63) is 35.4 Å². The molecule has 1 aromatic rings. The van der Waals surface area contributed by atoms with Gasteiger partial charge in [-0.1, -0.05) is 24.3 Å². The third kappa shape index (κ3) is 21.9. The van der Waals surface area contributed by atoms with Crippen LogP contribution in [0.3, 0.4) is 0 Å². The number of carbonyl (C=O) groups excluding carboxylic acids is 3. The molecule has 2 rings (SSSR count). The number of nitrogens with one attached hydrogen (secondary N) is 1. The molecular weight excluding hydrogens is 735 g/mol. The van der Waals surface area contributed by atoms with E-state index in [1.165, 1.54) is 11.1 Å². The fraction of sp³-hybridized carbons (Fsp3) is 0.780. The Kier molecular flexibility index (Phi) is 27.1. The number of benzene rings is 1. The van der Waals surface area contributed by atoms with Crippen LogP contribution < -0.4 is 5.32 Å². The molecule has 1 heterocycles. The lowest BCUT2D eigenvalue weighted by atomic mass is 10.1. The third-order valence-electron chi connectivity index (χ3n) is 9.65. The summed E-state index contributed by atoms with van der Waals surface area (Å²) in [6, 6.07) is 9.65. The number of ether oxygens (including phenoxy) is 3. The lowest BCUT2D eigenvalue weighted by Gasteiger charge is -2.30. The van der Waals surface area contributed by atoms with E-state index < -0.39 is 8.80 Å². The lowest BCUT2D eigenvalue weighted by molar-refractivity contribution is -0.144. The van der Waals surface area contributed by atoms with Crippen molar-refractivity contribution in [2.45, 2.75) is 92.8 Å². The molecular formula is C41H75N5O9Si. The molecule has 56 heavy (non-hydrogen) atoms. The SMILES string of the molecule is CCOC(=O)CCN1CCCN(Cc2ccc(CNCCC[Si](OCC)(OCC)OCC)cc2)CCN(CCC(=O)OCC)CCN(CCC(=O)OCC)CC1. The number of esters is 3. The highest BCUT2D eigenvalue weighted by molar-refractivity contribution is 6.60. The van der Waals surface area contributed by atoms with Crippen molar-refractivity contribution in [2.75, 3.05) is 118 Å². The van der Waals surface area contributed by atoms with Gasteiger partial charge in [-0.25, -0.2) is 0 Å². The fourth-order valence-electron chi connectivity index (χ4n) is 6.77. The van der Waals surface area contributed by atoms with E-state index in [0.717, 1.165) is 90.9 Å². The van der Waals surface area contributed by atoms with Crippen molar-refractivity contribution in [1.82, 2.24) is 24.9 Å². The van der Waals surface area contributed by atoms with Gasteiger partial charge in [0.05, 0.1) is 39.1 Å². The molecule has 0 aromatic heterocycles. The highest BCUT2D eigenvalue weighted by Gasteiger charge is 2.39. The predicted octanol–water partition coefficient (Wildman–Crippen LogP) is 4.19. The normalized spacial score (nSPS) is 16.1. The average Bonchev–Trinajstić information content (AvgIpc) is 3.19. The minimum atomic E-state index is -2.63. The summed E-state index contributed by atoms with van der Waals surface area (Å²) in [4.78, 5) is 46.4. The smallest absolute Gasteiger partial charge is 0.466 e. The van der Waals surface area contributed by atoms with Crippen LogP contribution in [0.5, 0.6) is 0 Å². The van der Waals surface area contributed by atoms with Crippen molar-refractivity contribution in [1.29, 1.82) is 0 Å². The Morgan fingerprint density at radius 3 is 1.38 bits per heavy atom. The first-order valence-electron chi connectivity index (χ1n) is 21.3. The Morgan fingerprint density at radius 1 is 0.554 bits per heavy atom. The van der Waals surface area contributed by atoms with Crippen LogP contribution in [0.2, 0.25) is 6.04 Å². The van der Waals surface area contributed by atoms with E-state index >= 15 is 0 Å². The van der Waals surface area contributed by atoms with E-state index in [-0.39, 0.29) is 17.9 Å². The number of hydrogen-bond donors (Lipinski definition) is 1. The van der Waals surface area contributed by atoms with Gasteiger partial charge in [-0.15, -0.1) is 0 Å². The molecule has 0 atom stereocenters. The molecule has 322 valence electrons. The molecule has 14 nitrogen and oxygen atoms in total. The second-order valence-corrected chi connectivity index (χ2v) is 16.6. The lowest BCUT2D eigenvalue weighted by Crippen LogP contribution is -2.46. The fourth-order valence-corrected chi connectivity index (χ4v) is 9.39. The molecule has 0 amide bonds. The first kappa shape index (κ1) is 49.7. The number of rotatable bonds is 26. The maximum Gasteiger partial charge on any atom is 0.500 e. The van der Waals surface area contributed by atoms with E-state index in [4.69, 9.17) is 27.5 Å². The monoisotopic (exact) mass is 810 g/mol. The van der Waals surface area contributed by atoms with Crippen LogP contribution in [0.4, 0.5) is 0 Å². The van der Waals surface area contributed by atoms with E-state index in [9.17, 15) is 14.4 Å². The van der Waals surface area contributed by atoms with Crippen LogP contribution in [-0.2, 0) is 55.0 Å². The Balaban J connectivity index is 2.11. The van der Waals surface area contributed by atoms with Crippen LogP contribution >= 0.6 is 0 Å². The van der Waals surface area contributed by atoms with Crippen molar-refractivity contribution in [3.63, 3.8) is 0 Å². The van der Waals surface area contributed by atoms with E-state index in [1.807, 2.05) is 41.5 Å². The van der Waals surface area contributed by atoms with Gasteiger partial charge in [-0.05, 0) is 85.1 Å². The maximum absolute atomic E-state index is 12.4. The van der Waals surface area contributed by atoms with E-state index in [2.05, 4.69) is 49.2 Å². The van der Waals surface area contributed by atoms with Crippen molar-refractivity contribution < 1.29 is 41.9 Å². The van der Waals surface area contributed by atoms with Crippen LogP contribution in [-0.4, -0.2) is 164 Å². The zero-order chi connectivity index (χ0) is 40.9. The highest BCUT2D eigenvalue weighted by atomic mass is 28.4. The summed E-state index contributed by atoms with van der Waals surface area (Å²) in [5.41, 5.74) is 2.48. The van der Waals surface area contributed by atoms with Gasteiger partial charge in [0.25, 0.3) is 0 Å². The van der Waals surface area contributed by atoms with Gasteiger partial charge in [0, 0.05) is 97.9 Å². The Bertz CT molecular complexity index is 1180. The topological polar surface area (TPSA) is 132 Å². The first-order chi connectivity index (χ1) is 27.2. The Hall–Kier alpha value is -2.47. The van der Waals surface area contributed by atoms with Crippen LogP contribution in [0.1, 0.15) is 84.8 Å². The summed E-state index contributed by atoms with van der Waals surface area (Å²) in [5.74, 6) is -0.564. The summed E-state index contributed by atoms with van der Waals surface area (Å²) >= 11 is 0. The zero-order valence-electron chi connectivity index (χ0n) is 35.7.